The molecule has 2 rings (SSSR count). The summed E-state index contributed by atoms with van der Waals surface area (Å²) in [4.78, 5) is 10.9. The highest BCUT2D eigenvalue weighted by molar-refractivity contribution is 7.71. The summed E-state index contributed by atoms with van der Waals surface area (Å²) in [5, 5.41) is 0. The van der Waals surface area contributed by atoms with Crippen molar-refractivity contribution in [2.45, 2.75) is 13.8 Å². The van der Waals surface area contributed by atoms with E-state index in [2.05, 4.69) is 21.0 Å². The van der Waals surface area contributed by atoms with Crippen LogP contribution in [0.2, 0.25) is 0 Å². The molecule has 4 nitrogen and oxygen atoms in total. The monoisotopic (exact) mass is 232 g/mol. The summed E-state index contributed by atoms with van der Waals surface area (Å²) in [5.41, 5.74) is 8.93. The van der Waals surface area contributed by atoms with Gasteiger partial charge in [0, 0.05) is 5.56 Å². The summed E-state index contributed by atoms with van der Waals surface area (Å²) in [6.07, 6.45) is 0. The van der Waals surface area contributed by atoms with E-state index in [0.29, 0.717) is 5.82 Å². The minimum atomic E-state index is 0.256. The van der Waals surface area contributed by atoms with Gasteiger partial charge in [-0.2, -0.15) is 4.98 Å². The molecule has 0 fully saturated rings. The van der Waals surface area contributed by atoms with Gasteiger partial charge in [0.05, 0.1) is 0 Å². The minimum absolute atomic E-state index is 0.256. The van der Waals surface area contributed by atoms with Gasteiger partial charge in [-0.25, -0.2) is 4.98 Å². The van der Waals surface area contributed by atoms with E-state index < -0.39 is 0 Å². The van der Waals surface area contributed by atoms with Gasteiger partial charge >= 0.3 is 0 Å². The van der Waals surface area contributed by atoms with Gasteiger partial charge in [0.1, 0.15) is 5.82 Å². The van der Waals surface area contributed by atoms with Crippen LogP contribution in [0.3, 0.4) is 0 Å². The van der Waals surface area contributed by atoms with Gasteiger partial charge in [-0.1, -0.05) is 23.8 Å². The molecule has 0 saturated carbocycles. The lowest BCUT2D eigenvalue weighted by molar-refractivity contribution is 1.05. The van der Waals surface area contributed by atoms with Gasteiger partial charge in [0.2, 0.25) is 10.7 Å². The zero-order valence-electron chi connectivity index (χ0n) is 9.11. The first-order valence-electron chi connectivity index (χ1n) is 4.88. The number of nitrogens with two attached hydrogens (primary N) is 1. The van der Waals surface area contributed by atoms with Gasteiger partial charge in [-0.05, 0) is 31.6 Å². The molecule has 0 bridgehead atoms. The average Bonchev–Trinajstić information content (AvgIpc) is 2.15. The molecule has 0 aliphatic rings. The van der Waals surface area contributed by atoms with Crippen LogP contribution in [0.15, 0.2) is 18.2 Å². The Morgan fingerprint density at radius 3 is 2.62 bits per heavy atom. The van der Waals surface area contributed by atoms with E-state index in [4.69, 9.17) is 18.0 Å². The Hall–Kier alpha value is -1.75. The Bertz CT molecular complexity index is 589. The summed E-state index contributed by atoms with van der Waals surface area (Å²) in [6, 6.07) is 6.11. The molecule has 0 aliphatic carbocycles. The Labute approximate surface area is 98.6 Å². The molecule has 3 N–H and O–H groups in total. The average molecular weight is 232 g/mol. The lowest BCUT2D eigenvalue weighted by atomic mass is 10.1. The van der Waals surface area contributed by atoms with Crippen molar-refractivity contribution in [2.75, 3.05) is 5.73 Å². The smallest absolute Gasteiger partial charge is 0.224 e. The molecule has 0 aliphatic heterocycles. The molecule has 1 heterocycles. The first kappa shape index (κ1) is 10.8. The molecule has 16 heavy (non-hydrogen) atoms. The fourth-order valence-corrected chi connectivity index (χ4v) is 1.80. The van der Waals surface area contributed by atoms with Gasteiger partial charge in [-0.15, -0.1) is 0 Å². The number of nitrogens with one attached hydrogen (secondary N) is 1. The van der Waals surface area contributed by atoms with Crippen molar-refractivity contribution in [3.8, 4) is 11.4 Å². The first-order chi connectivity index (χ1) is 7.56. The van der Waals surface area contributed by atoms with Crippen molar-refractivity contribution >= 4 is 18.2 Å². The van der Waals surface area contributed by atoms with Crippen molar-refractivity contribution in [3.05, 3.63) is 34.1 Å². The predicted molar refractivity (Wildman–Crippen MR) is 66.5 cm³/mol. The molecule has 2 aromatic rings. The topological polar surface area (TPSA) is 67.6 Å². The molecule has 5 heteroatoms. The van der Waals surface area contributed by atoms with Crippen LogP contribution in [0.5, 0.6) is 0 Å². The quantitative estimate of drug-likeness (QED) is 0.741. The largest absolute Gasteiger partial charge is 0.369 e. The zero-order chi connectivity index (χ0) is 11.7. The summed E-state index contributed by atoms with van der Waals surface area (Å²) >= 11 is 4.93. The molecule has 0 spiro atoms. The second-order valence-corrected chi connectivity index (χ2v) is 4.05. The van der Waals surface area contributed by atoms with E-state index in [1.165, 1.54) is 5.56 Å². The lowest BCUT2D eigenvalue weighted by Gasteiger charge is -2.06. The SMILES string of the molecule is Cc1ccc(-c2nc(=S)nc(N)[nH]2)c(C)c1. The Morgan fingerprint density at radius 2 is 2.00 bits per heavy atom. The number of rotatable bonds is 1. The number of nitrogens with zero attached hydrogens (tertiary/aromatic N) is 2. The van der Waals surface area contributed by atoms with Crippen LogP contribution in [-0.4, -0.2) is 15.0 Å². The van der Waals surface area contributed by atoms with E-state index in [1.54, 1.807) is 0 Å². The molecule has 0 saturated heterocycles. The van der Waals surface area contributed by atoms with Crippen LogP contribution in [0.1, 0.15) is 11.1 Å². The predicted octanol–water partition coefficient (Wildman–Crippen LogP) is 2.40. The number of anilines is 1. The molecule has 0 unspecified atom stereocenters. The maximum absolute atomic E-state index is 5.60. The van der Waals surface area contributed by atoms with Crippen molar-refractivity contribution in [1.82, 2.24) is 15.0 Å². The van der Waals surface area contributed by atoms with Crippen molar-refractivity contribution in [1.29, 1.82) is 0 Å². The van der Waals surface area contributed by atoms with Gasteiger partial charge in [0.25, 0.3) is 0 Å². The summed E-state index contributed by atoms with van der Waals surface area (Å²) in [5.74, 6) is 0.949. The van der Waals surface area contributed by atoms with E-state index in [-0.39, 0.29) is 10.7 Å². The third-order valence-electron chi connectivity index (χ3n) is 2.31. The number of aryl methyl sites for hydroxylation is 2. The first-order valence-corrected chi connectivity index (χ1v) is 5.28. The highest BCUT2D eigenvalue weighted by atomic mass is 32.1. The van der Waals surface area contributed by atoms with Gasteiger partial charge in [-0.3, -0.25) is 0 Å². The molecular formula is C11H12N4S. The number of hydrogen-bond acceptors (Lipinski definition) is 4. The third kappa shape index (κ3) is 2.09. The van der Waals surface area contributed by atoms with Crippen LogP contribution < -0.4 is 5.73 Å². The number of nitrogen functional groups attached to an aromatic ring is 1. The Morgan fingerprint density at radius 1 is 1.25 bits per heavy atom. The summed E-state index contributed by atoms with van der Waals surface area (Å²) < 4.78 is 0.256. The maximum atomic E-state index is 5.60. The summed E-state index contributed by atoms with van der Waals surface area (Å²) in [7, 11) is 0. The van der Waals surface area contributed by atoms with Crippen LogP contribution in [0.4, 0.5) is 5.95 Å². The molecule has 82 valence electrons. The third-order valence-corrected chi connectivity index (χ3v) is 2.49. The normalized spacial score (nSPS) is 10.4. The van der Waals surface area contributed by atoms with Gasteiger partial charge < -0.3 is 10.7 Å². The number of hydrogen-bond donors (Lipinski definition) is 2. The van der Waals surface area contributed by atoms with Crippen molar-refractivity contribution in [2.24, 2.45) is 0 Å². The minimum Gasteiger partial charge on any atom is -0.369 e. The second kappa shape index (κ2) is 4.02. The number of aromatic amines is 1. The molecular weight excluding hydrogens is 220 g/mol. The highest BCUT2D eigenvalue weighted by Crippen LogP contribution is 2.20. The van der Waals surface area contributed by atoms with Crippen LogP contribution >= 0.6 is 12.2 Å². The van der Waals surface area contributed by atoms with Crippen molar-refractivity contribution in [3.63, 3.8) is 0 Å². The second-order valence-electron chi connectivity index (χ2n) is 3.68. The van der Waals surface area contributed by atoms with E-state index in [1.807, 2.05) is 26.0 Å². The molecule has 1 aromatic carbocycles. The van der Waals surface area contributed by atoms with Crippen molar-refractivity contribution < 1.29 is 0 Å². The number of aromatic nitrogens is 3. The van der Waals surface area contributed by atoms with Gasteiger partial charge in [0.15, 0.2) is 0 Å². The zero-order valence-corrected chi connectivity index (χ0v) is 9.93. The summed E-state index contributed by atoms with van der Waals surface area (Å²) in [6.45, 7) is 4.07. The standard InChI is InChI=1S/C11H12N4S/c1-6-3-4-8(7(2)5-6)9-13-10(12)15-11(16)14-9/h3-5H,1-2H3,(H3,12,13,14,15,16). The van der Waals surface area contributed by atoms with Crippen LogP contribution in [0, 0.1) is 18.6 Å². The highest BCUT2D eigenvalue weighted by Gasteiger charge is 2.05. The Kier molecular flexibility index (Phi) is 2.70. The van der Waals surface area contributed by atoms with Crippen LogP contribution in [0.25, 0.3) is 11.4 Å². The lowest BCUT2D eigenvalue weighted by Crippen LogP contribution is -2.00. The van der Waals surface area contributed by atoms with E-state index in [9.17, 15) is 0 Å². The van der Waals surface area contributed by atoms with E-state index >= 15 is 0 Å². The maximum Gasteiger partial charge on any atom is 0.224 e. The molecule has 0 amide bonds. The van der Waals surface area contributed by atoms with E-state index in [0.717, 1.165) is 11.1 Å². The Balaban J connectivity index is 2.63. The number of benzene rings is 1. The fraction of sp³-hybridized carbons (Fsp3) is 0.182. The number of H-pyrrole nitrogens is 1. The fourth-order valence-electron chi connectivity index (χ4n) is 1.61. The van der Waals surface area contributed by atoms with Crippen LogP contribution in [-0.2, 0) is 0 Å². The molecule has 1 aromatic heterocycles. The molecule has 0 atom stereocenters. The molecule has 0 radical (unpaired) electrons.